The SMILES string of the molecule is COCCOc1ccc(C(=O)N2CCn3c(C)nnc3C2)cc1OC. The van der Waals surface area contributed by atoms with Crippen LogP contribution >= 0.6 is 0 Å². The predicted molar refractivity (Wildman–Crippen MR) is 89.9 cm³/mol. The van der Waals surface area contributed by atoms with Crippen LogP contribution < -0.4 is 9.47 Å². The molecule has 2 aromatic rings. The molecule has 8 heteroatoms. The molecule has 1 aliphatic rings. The zero-order chi connectivity index (χ0) is 17.8. The highest BCUT2D eigenvalue weighted by molar-refractivity contribution is 5.95. The maximum atomic E-state index is 12.8. The third kappa shape index (κ3) is 3.58. The number of hydrogen-bond donors (Lipinski definition) is 0. The highest BCUT2D eigenvalue weighted by Gasteiger charge is 2.25. The van der Waals surface area contributed by atoms with Crippen molar-refractivity contribution in [2.24, 2.45) is 0 Å². The molecule has 0 N–H and O–H groups in total. The first kappa shape index (κ1) is 17.2. The van der Waals surface area contributed by atoms with Crippen molar-refractivity contribution in [2.75, 3.05) is 34.0 Å². The second kappa shape index (κ2) is 7.52. The van der Waals surface area contributed by atoms with Gasteiger partial charge in [-0.15, -0.1) is 10.2 Å². The number of aryl methyl sites for hydroxylation is 1. The standard InChI is InChI=1S/C17H22N4O4/c1-12-18-19-16-11-20(6-7-21(12)16)17(22)13-4-5-14(15(10-13)24-3)25-9-8-23-2/h4-5,10H,6-9,11H2,1-3H3. The van der Waals surface area contributed by atoms with Crippen LogP contribution in [0.15, 0.2) is 18.2 Å². The lowest BCUT2D eigenvalue weighted by Gasteiger charge is -2.27. The van der Waals surface area contributed by atoms with E-state index in [0.717, 1.165) is 11.6 Å². The van der Waals surface area contributed by atoms with Crippen molar-refractivity contribution in [1.82, 2.24) is 19.7 Å². The van der Waals surface area contributed by atoms with E-state index >= 15 is 0 Å². The molecule has 0 fully saturated rings. The maximum Gasteiger partial charge on any atom is 0.254 e. The Morgan fingerprint density at radius 3 is 2.76 bits per heavy atom. The van der Waals surface area contributed by atoms with Gasteiger partial charge in [-0.1, -0.05) is 0 Å². The van der Waals surface area contributed by atoms with Crippen LogP contribution in [0.25, 0.3) is 0 Å². The number of rotatable bonds is 6. The lowest BCUT2D eigenvalue weighted by Crippen LogP contribution is -2.38. The normalized spacial score (nSPS) is 13.5. The third-order valence-electron chi connectivity index (χ3n) is 4.18. The van der Waals surface area contributed by atoms with Gasteiger partial charge in [-0.25, -0.2) is 0 Å². The second-order valence-corrected chi connectivity index (χ2v) is 5.75. The molecule has 25 heavy (non-hydrogen) atoms. The molecule has 1 amide bonds. The number of aromatic nitrogens is 3. The molecule has 0 saturated heterocycles. The number of amides is 1. The monoisotopic (exact) mass is 346 g/mol. The molecule has 0 unspecified atom stereocenters. The molecule has 3 rings (SSSR count). The van der Waals surface area contributed by atoms with Crippen molar-refractivity contribution >= 4 is 5.91 Å². The molecular formula is C17H22N4O4. The topological polar surface area (TPSA) is 78.7 Å². The summed E-state index contributed by atoms with van der Waals surface area (Å²) >= 11 is 0. The van der Waals surface area contributed by atoms with Crippen LogP contribution in [0.3, 0.4) is 0 Å². The fourth-order valence-electron chi connectivity index (χ4n) is 2.81. The van der Waals surface area contributed by atoms with Crippen LogP contribution in [0.4, 0.5) is 0 Å². The van der Waals surface area contributed by atoms with E-state index in [4.69, 9.17) is 14.2 Å². The van der Waals surface area contributed by atoms with Crippen LogP contribution in [0.2, 0.25) is 0 Å². The highest BCUT2D eigenvalue weighted by atomic mass is 16.5. The molecule has 1 aromatic heterocycles. The van der Waals surface area contributed by atoms with E-state index in [1.807, 2.05) is 11.5 Å². The van der Waals surface area contributed by atoms with E-state index in [9.17, 15) is 4.79 Å². The number of fused-ring (bicyclic) bond motifs is 1. The average molecular weight is 346 g/mol. The number of carbonyl (C=O) groups excluding carboxylic acids is 1. The Morgan fingerprint density at radius 2 is 2.00 bits per heavy atom. The van der Waals surface area contributed by atoms with Gasteiger partial charge in [0.15, 0.2) is 17.3 Å². The van der Waals surface area contributed by atoms with Crippen LogP contribution in [-0.4, -0.2) is 59.5 Å². The number of methoxy groups -OCH3 is 2. The Balaban J connectivity index is 1.74. The van der Waals surface area contributed by atoms with Crippen molar-refractivity contribution in [3.8, 4) is 11.5 Å². The van der Waals surface area contributed by atoms with Gasteiger partial charge in [-0.05, 0) is 25.1 Å². The molecule has 0 aliphatic carbocycles. The van der Waals surface area contributed by atoms with Gasteiger partial charge in [0.2, 0.25) is 0 Å². The molecule has 0 bridgehead atoms. The van der Waals surface area contributed by atoms with Crippen LogP contribution in [0.1, 0.15) is 22.0 Å². The summed E-state index contributed by atoms with van der Waals surface area (Å²) in [5, 5.41) is 8.20. The predicted octanol–water partition coefficient (Wildman–Crippen LogP) is 1.28. The summed E-state index contributed by atoms with van der Waals surface area (Å²) < 4.78 is 18.0. The molecule has 0 spiro atoms. The van der Waals surface area contributed by atoms with Crippen molar-refractivity contribution < 1.29 is 19.0 Å². The van der Waals surface area contributed by atoms with E-state index in [1.165, 1.54) is 0 Å². The molecule has 0 atom stereocenters. The largest absolute Gasteiger partial charge is 0.493 e. The Kier molecular flexibility index (Phi) is 5.18. The fourth-order valence-corrected chi connectivity index (χ4v) is 2.81. The Morgan fingerprint density at radius 1 is 1.16 bits per heavy atom. The zero-order valence-electron chi connectivity index (χ0n) is 14.7. The van der Waals surface area contributed by atoms with Crippen molar-refractivity contribution in [3.05, 3.63) is 35.4 Å². The Labute approximate surface area is 146 Å². The van der Waals surface area contributed by atoms with Gasteiger partial charge >= 0.3 is 0 Å². The minimum absolute atomic E-state index is 0.0614. The first-order valence-corrected chi connectivity index (χ1v) is 8.11. The average Bonchev–Trinajstić information content (AvgIpc) is 3.02. The van der Waals surface area contributed by atoms with E-state index in [1.54, 1.807) is 37.3 Å². The Hall–Kier alpha value is -2.61. The summed E-state index contributed by atoms with van der Waals surface area (Å²) in [7, 11) is 3.17. The molecule has 1 aliphatic heterocycles. The summed E-state index contributed by atoms with van der Waals surface area (Å²) in [4.78, 5) is 14.6. The second-order valence-electron chi connectivity index (χ2n) is 5.75. The summed E-state index contributed by atoms with van der Waals surface area (Å²) in [6.07, 6.45) is 0. The lowest BCUT2D eigenvalue weighted by molar-refractivity contribution is 0.0706. The van der Waals surface area contributed by atoms with E-state index in [2.05, 4.69) is 10.2 Å². The Bertz CT molecular complexity index is 759. The first-order valence-electron chi connectivity index (χ1n) is 8.11. The summed E-state index contributed by atoms with van der Waals surface area (Å²) in [5.74, 6) is 2.74. The van der Waals surface area contributed by atoms with Crippen molar-refractivity contribution in [1.29, 1.82) is 0 Å². The molecule has 0 radical (unpaired) electrons. The minimum atomic E-state index is -0.0614. The highest BCUT2D eigenvalue weighted by Crippen LogP contribution is 2.29. The first-order chi connectivity index (χ1) is 12.1. The van der Waals surface area contributed by atoms with Crippen LogP contribution in [0, 0.1) is 6.92 Å². The number of carbonyl (C=O) groups is 1. The quantitative estimate of drug-likeness (QED) is 0.733. The maximum absolute atomic E-state index is 12.8. The molecule has 1 aromatic carbocycles. The fraction of sp³-hybridized carbons (Fsp3) is 0.471. The van der Waals surface area contributed by atoms with E-state index in [-0.39, 0.29) is 5.91 Å². The third-order valence-corrected chi connectivity index (χ3v) is 4.18. The molecular weight excluding hydrogens is 324 g/mol. The van der Waals surface area contributed by atoms with Gasteiger partial charge in [0.25, 0.3) is 5.91 Å². The smallest absolute Gasteiger partial charge is 0.254 e. The van der Waals surface area contributed by atoms with Crippen molar-refractivity contribution in [2.45, 2.75) is 20.0 Å². The van der Waals surface area contributed by atoms with Gasteiger partial charge in [0.1, 0.15) is 12.4 Å². The number of ether oxygens (including phenoxy) is 3. The summed E-state index contributed by atoms with van der Waals surface area (Å²) in [6, 6.07) is 5.20. The van der Waals surface area contributed by atoms with E-state index < -0.39 is 0 Å². The van der Waals surface area contributed by atoms with Crippen molar-refractivity contribution in [3.63, 3.8) is 0 Å². The number of benzene rings is 1. The molecule has 2 heterocycles. The molecule has 0 saturated carbocycles. The summed E-state index contributed by atoms with van der Waals surface area (Å²) in [5.41, 5.74) is 0.556. The number of hydrogen-bond acceptors (Lipinski definition) is 6. The van der Waals surface area contributed by atoms with E-state index in [0.29, 0.717) is 49.9 Å². The van der Waals surface area contributed by atoms with Crippen LogP contribution in [-0.2, 0) is 17.8 Å². The van der Waals surface area contributed by atoms with Crippen LogP contribution in [0.5, 0.6) is 11.5 Å². The van der Waals surface area contributed by atoms with Gasteiger partial charge in [-0.2, -0.15) is 0 Å². The summed E-state index contributed by atoms with van der Waals surface area (Å²) in [6.45, 7) is 4.60. The van der Waals surface area contributed by atoms with Gasteiger partial charge in [-0.3, -0.25) is 4.79 Å². The van der Waals surface area contributed by atoms with Gasteiger partial charge in [0, 0.05) is 25.8 Å². The number of nitrogens with zero attached hydrogens (tertiary/aromatic N) is 4. The molecule has 134 valence electrons. The molecule has 8 nitrogen and oxygen atoms in total. The zero-order valence-corrected chi connectivity index (χ0v) is 14.7. The lowest BCUT2D eigenvalue weighted by atomic mass is 10.1. The van der Waals surface area contributed by atoms with Gasteiger partial charge < -0.3 is 23.7 Å². The minimum Gasteiger partial charge on any atom is -0.493 e. The van der Waals surface area contributed by atoms with Gasteiger partial charge in [0.05, 0.1) is 20.3 Å².